The smallest absolute Gasteiger partial charge is 0.322 e. The number of carbonyl (C=O) groups excluding carboxylic acids is 2. The normalized spacial score (nSPS) is 13.3. The Morgan fingerprint density at radius 2 is 1.80 bits per heavy atom. The summed E-state index contributed by atoms with van der Waals surface area (Å²) in [6.45, 7) is -0.542. The molecule has 2 atom stereocenters. The van der Waals surface area contributed by atoms with E-state index >= 15 is 0 Å². The average Bonchev–Trinajstić information content (AvgIpc) is 2.38. The highest BCUT2D eigenvalue weighted by molar-refractivity contribution is 7.80. The molecular formula is C10H19N3O6S. The van der Waals surface area contributed by atoms with Crippen LogP contribution >= 0.6 is 12.6 Å². The number of nitrogens with one attached hydrogen (secondary N) is 2. The molecule has 6 N–H and O–H groups in total. The summed E-state index contributed by atoms with van der Waals surface area (Å²) in [6, 6.07) is -2.04. The van der Waals surface area contributed by atoms with E-state index in [1.807, 2.05) is 0 Å². The van der Waals surface area contributed by atoms with Crippen molar-refractivity contribution >= 4 is 36.4 Å². The predicted molar refractivity (Wildman–Crippen MR) is 74.1 cm³/mol. The van der Waals surface area contributed by atoms with E-state index in [-0.39, 0.29) is 18.6 Å². The van der Waals surface area contributed by atoms with Crippen LogP contribution in [0.3, 0.4) is 0 Å². The number of amides is 2. The van der Waals surface area contributed by atoms with E-state index < -0.39 is 42.4 Å². The largest absolute Gasteiger partial charge is 0.480 e. The van der Waals surface area contributed by atoms with Crippen LogP contribution in [0.15, 0.2) is 0 Å². The van der Waals surface area contributed by atoms with Crippen molar-refractivity contribution in [3.8, 4) is 0 Å². The Kier molecular flexibility index (Phi) is 8.32. The Morgan fingerprint density at radius 1 is 1.20 bits per heavy atom. The van der Waals surface area contributed by atoms with Gasteiger partial charge in [0.15, 0.2) is 0 Å². The summed E-state index contributed by atoms with van der Waals surface area (Å²) in [4.78, 5) is 43.8. The number of hydrogen-bond acceptors (Lipinski definition) is 5. The second-order valence-electron chi connectivity index (χ2n) is 3.95. The third-order valence-electron chi connectivity index (χ3n) is 2.30. The Hall–Kier alpha value is -1.81. The molecule has 0 aliphatic carbocycles. The van der Waals surface area contributed by atoms with Gasteiger partial charge in [-0.3, -0.25) is 31.8 Å². The first-order chi connectivity index (χ1) is 9.27. The summed E-state index contributed by atoms with van der Waals surface area (Å²) in [7, 11) is 0. The van der Waals surface area contributed by atoms with E-state index in [9.17, 15) is 19.2 Å². The molecule has 0 aliphatic heterocycles. The first-order valence-electron chi connectivity index (χ1n) is 5.75. The van der Waals surface area contributed by atoms with Gasteiger partial charge in [0.1, 0.15) is 18.6 Å². The molecule has 0 radical (unpaired) electrons. The van der Waals surface area contributed by atoms with Crippen LogP contribution in [0.5, 0.6) is 0 Å². The average molecular weight is 309 g/mol. The van der Waals surface area contributed by atoms with E-state index in [0.717, 1.165) is 0 Å². The van der Waals surface area contributed by atoms with Gasteiger partial charge in [0.2, 0.25) is 11.8 Å². The van der Waals surface area contributed by atoms with E-state index in [2.05, 4.69) is 23.3 Å². The Balaban J connectivity index is 4.21. The molecule has 2 amide bonds. The van der Waals surface area contributed by atoms with Crippen LogP contribution in [0.2, 0.25) is 0 Å². The van der Waals surface area contributed by atoms with Gasteiger partial charge in [-0.05, 0) is 12.2 Å². The fourth-order valence-corrected chi connectivity index (χ4v) is 1.53. The molecule has 0 heterocycles. The van der Waals surface area contributed by atoms with Crippen molar-refractivity contribution in [3.05, 3.63) is 0 Å². The lowest BCUT2D eigenvalue weighted by atomic mass is 10.1. The summed E-state index contributed by atoms with van der Waals surface area (Å²) in [5.74, 6) is -3.36. The summed E-state index contributed by atoms with van der Waals surface area (Å²) in [5, 5.41) is 21.5. The first-order valence-corrected chi connectivity index (χ1v) is 6.56. The summed E-state index contributed by atoms with van der Waals surface area (Å²) in [5.41, 5.74) is 5.24. The maximum atomic E-state index is 11.5. The zero-order valence-electron chi connectivity index (χ0n) is 10.7. The molecule has 0 aromatic heterocycles. The molecule has 0 spiro atoms. The van der Waals surface area contributed by atoms with Crippen LogP contribution in [0.1, 0.15) is 12.8 Å². The van der Waals surface area contributed by atoms with E-state index in [1.54, 1.807) is 0 Å². The second-order valence-corrected chi connectivity index (χ2v) is 4.42. The van der Waals surface area contributed by atoms with E-state index in [0.29, 0.717) is 0 Å². The fourth-order valence-electron chi connectivity index (χ4n) is 1.19. The van der Waals surface area contributed by atoms with Crippen LogP contribution in [-0.2, 0) is 19.2 Å². The molecular weight excluding hydrogens is 290 g/mol. The summed E-state index contributed by atoms with van der Waals surface area (Å²) >= 11 is 2.25. The lowest BCUT2D eigenvalue weighted by Crippen LogP contribution is -2.49. The van der Waals surface area contributed by atoms with E-state index in [4.69, 9.17) is 15.9 Å². The van der Waals surface area contributed by atoms with Crippen molar-refractivity contribution in [2.45, 2.75) is 24.9 Å². The standard InChI is InChI=1S/C10H19N3O6S/c11-5(10(18)19)1-2-7(14)13-6(4-20)9(17)12-3-8(15)16/h5-6H,1-4,11H2,20H3,(H,12,17)(H,13,14)(H,15,16)(H,18,19)/t5-,6-/m0/s1. The van der Waals surface area contributed by atoms with Crippen molar-refractivity contribution in [1.29, 1.82) is 0 Å². The molecule has 0 aromatic rings. The third kappa shape index (κ3) is 7.59. The highest BCUT2D eigenvalue weighted by atomic mass is 32.1. The number of hydrogen-bond donors (Lipinski definition) is 5. The van der Waals surface area contributed by atoms with Gasteiger partial charge < -0.3 is 26.6 Å². The van der Waals surface area contributed by atoms with Gasteiger partial charge in [-0.15, -0.1) is 0 Å². The number of aliphatic carboxylic acids is 2. The van der Waals surface area contributed by atoms with Crippen molar-refractivity contribution in [2.75, 3.05) is 12.3 Å². The van der Waals surface area contributed by atoms with Crippen molar-refractivity contribution in [3.63, 3.8) is 0 Å². The Bertz CT molecular complexity index is 389. The van der Waals surface area contributed by atoms with Crippen molar-refractivity contribution < 1.29 is 29.4 Å². The molecule has 9 nitrogen and oxygen atoms in total. The van der Waals surface area contributed by atoms with Crippen LogP contribution in [0, 0.1) is 0 Å². The Morgan fingerprint density at radius 3 is 2.25 bits per heavy atom. The highest BCUT2D eigenvalue weighted by Gasteiger charge is 2.20. The molecule has 0 aromatic carbocycles. The van der Waals surface area contributed by atoms with Gasteiger partial charge in [0, 0.05) is 6.42 Å². The van der Waals surface area contributed by atoms with Gasteiger partial charge in [-0.1, -0.05) is 0 Å². The van der Waals surface area contributed by atoms with Gasteiger partial charge in [0.25, 0.3) is 0 Å². The molecule has 0 bridgehead atoms. The molecule has 0 saturated carbocycles. The molecule has 0 aliphatic rings. The molecule has 0 unspecified atom stereocenters. The van der Waals surface area contributed by atoms with Crippen molar-refractivity contribution in [2.24, 2.45) is 5.73 Å². The zero-order valence-corrected chi connectivity index (χ0v) is 11.8. The molecule has 116 valence electrons. The molecule has 0 fully saturated rings. The number of rotatable bonds is 9. The highest BCUT2D eigenvalue weighted by Crippen LogP contribution is 1.97. The van der Waals surface area contributed by atoms with Crippen molar-refractivity contribution in [1.82, 2.24) is 10.6 Å². The van der Waals surface area contributed by atoms with Gasteiger partial charge in [-0.2, -0.15) is 0 Å². The lowest BCUT2D eigenvalue weighted by molar-refractivity contribution is -0.139. The van der Waals surface area contributed by atoms with Crippen LogP contribution in [0.25, 0.3) is 0 Å². The third-order valence-corrected chi connectivity index (χ3v) is 2.77. The molecule has 10 heteroatoms. The number of nitrogens with two attached hydrogens (primary N) is 1. The van der Waals surface area contributed by atoms with Gasteiger partial charge in [0.05, 0.1) is 0 Å². The van der Waals surface area contributed by atoms with Crippen LogP contribution < -0.4 is 16.4 Å². The summed E-state index contributed by atoms with van der Waals surface area (Å²) < 4.78 is 0. The van der Waals surface area contributed by atoms with Gasteiger partial charge >= 0.3 is 11.9 Å². The van der Waals surface area contributed by atoms with Crippen LogP contribution in [-0.4, -0.2) is 58.3 Å². The lowest BCUT2D eigenvalue weighted by Gasteiger charge is -2.16. The Labute approximate surface area is 120 Å². The quantitative estimate of drug-likeness (QED) is 0.309. The van der Waals surface area contributed by atoms with Gasteiger partial charge in [-0.25, -0.2) is 0 Å². The fraction of sp³-hybridized carbons (Fsp3) is 0.600. The van der Waals surface area contributed by atoms with E-state index in [1.165, 1.54) is 0 Å². The SMILES string of the molecule is N[C@@H](CCC(=O)N[C@@H](C[SH3])C(=O)NCC(=O)O)C(=O)O. The topological polar surface area (TPSA) is 159 Å². The molecule has 0 saturated heterocycles. The summed E-state index contributed by atoms with van der Waals surface area (Å²) in [6.07, 6.45) is -0.192. The number of carboxylic acids is 2. The maximum Gasteiger partial charge on any atom is 0.322 e. The minimum atomic E-state index is -1.21. The molecule has 20 heavy (non-hydrogen) atoms. The monoisotopic (exact) mass is 309 g/mol. The number of carboxylic acid groups (broad SMARTS) is 2. The second kappa shape index (κ2) is 9.15. The number of carbonyl (C=O) groups is 4. The minimum Gasteiger partial charge on any atom is -0.480 e. The zero-order chi connectivity index (χ0) is 15.7. The first kappa shape index (κ1) is 18.2. The maximum absolute atomic E-state index is 11.5. The minimum absolute atomic E-state index is 0.0541. The molecule has 0 rings (SSSR count). The van der Waals surface area contributed by atoms with Crippen LogP contribution in [0.4, 0.5) is 0 Å². The predicted octanol–water partition coefficient (Wildman–Crippen LogP) is -2.74.